The Morgan fingerprint density at radius 2 is 0.827 bits per heavy atom. The summed E-state index contributed by atoms with van der Waals surface area (Å²) in [5.74, 6) is 0.899. The number of ether oxygens (including phenoxy) is 1. The molecule has 0 spiro atoms. The van der Waals surface area contributed by atoms with Gasteiger partial charge in [-0.15, -0.1) is 0 Å². The zero-order valence-electron chi connectivity index (χ0n) is 36.4. The van der Waals surface area contributed by atoms with Gasteiger partial charge in [0.1, 0.15) is 0 Å². The first-order valence-corrected chi connectivity index (χ1v) is 23.5. The van der Waals surface area contributed by atoms with Crippen molar-refractivity contribution >= 4 is 11.9 Å². The Bertz CT molecular complexity index is 757. The normalized spacial score (nSPS) is 12.8. The van der Waals surface area contributed by atoms with Gasteiger partial charge in [-0.3, -0.25) is 9.59 Å². The van der Waals surface area contributed by atoms with Crippen LogP contribution >= 0.6 is 0 Å². The molecule has 0 aromatic rings. The van der Waals surface area contributed by atoms with E-state index in [4.69, 9.17) is 4.74 Å². The molecule has 0 aromatic heterocycles. The molecule has 0 saturated carbocycles. The molecule has 0 aliphatic heterocycles. The Labute approximate surface area is 326 Å². The number of rotatable bonds is 41. The first kappa shape index (κ1) is 50.9. The molecule has 310 valence electrons. The number of hydrogen-bond donors (Lipinski definition) is 0. The Morgan fingerprint density at radius 1 is 0.442 bits per heavy atom. The summed E-state index contributed by atoms with van der Waals surface area (Å²) in [4.78, 5) is 31.1. The number of nitrogens with zero attached hydrogens (tertiary/aromatic N) is 2. The molecule has 0 aliphatic rings. The van der Waals surface area contributed by atoms with Gasteiger partial charge in [-0.1, -0.05) is 188 Å². The third-order valence-corrected chi connectivity index (χ3v) is 11.2. The van der Waals surface area contributed by atoms with Gasteiger partial charge >= 0.3 is 5.97 Å². The lowest BCUT2D eigenvalue weighted by Crippen LogP contribution is -2.41. The number of hydrogen-bond acceptors (Lipinski definition) is 4. The Kier molecular flexibility index (Phi) is 38.8. The first-order valence-electron chi connectivity index (χ1n) is 23.5. The Hall–Kier alpha value is -1.10. The van der Waals surface area contributed by atoms with Crippen molar-refractivity contribution in [3.05, 3.63) is 0 Å². The topological polar surface area (TPSA) is 49.9 Å². The molecule has 0 rings (SSSR count). The maximum Gasteiger partial charge on any atom is 0.305 e. The SMILES string of the molecule is CCCCCCCCCCC(CCCCCCCC)COC(=O)CCCCCC(CCCCCC)N(CCCN(C)C)C(=O)CCCCCCCC. The number of esters is 1. The summed E-state index contributed by atoms with van der Waals surface area (Å²) < 4.78 is 5.93. The summed E-state index contributed by atoms with van der Waals surface area (Å²) in [6, 6.07) is 0.331. The average Bonchev–Trinajstić information content (AvgIpc) is 3.13. The summed E-state index contributed by atoms with van der Waals surface area (Å²) in [7, 11) is 4.26. The lowest BCUT2D eigenvalue weighted by molar-refractivity contribution is -0.145. The van der Waals surface area contributed by atoms with E-state index < -0.39 is 0 Å². The van der Waals surface area contributed by atoms with Gasteiger partial charge < -0.3 is 14.5 Å². The molecule has 2 atom stereocenters. The summed E-state index contributed by atoms with van der Waals surface area (Å²) in [6.07, 6.45) is 40.9. The van der Waals surface area contributed by atoms with Crippen molar-refractivity contribution in [3.8, 4) is 0 Å². The predicted molar refractivity (Wildman–Crippen MR) is 228 cm³/mol. The molecule has 0 aromatic carbocycles. The van der Waals surface area contributed by atoms with Crippen LogP contribution in [0.3, 0.4) is 0 Å². The fourth-order valence-electron chi connectivity index (χ4n) is 7.73. The zero-order chi connectivity index (χ0) is 38.3. The third kappa shape index (κ3) is 33.5. The molecule has 2 unspecified atom stereocenters. The van der Waals surface area contributed by atoms with Crippen molar-refractivity contribution in [3.63, 3.8) is 0 Å². The van der Waals surface area contributed by atoms with Gasteiger partial charge in [0.25, 0.3) is 0 Å². The monoisotopic (exact) mass is 735 g/mol. The molecule has 0 aliphatic carbocycles. The van der Waals surface area contributed by atoms with Gasteiger partial charge in [-0.05, 0) is 71.5 Å². The van der Waals surface area contributed by atoms with Gasteiger partial charge in [-0.2, -0.15) is 0 Å². The molecule has 0 radical (unpaired) electrons. The first-order chi connectivity index (χ1) is 25.4. The number of carbonyl (C=O) groups excluding carboxylic acids is 2. The summed E-state index contributed by atoms with van der Waals surface area (Å²) in [6.45, 7) is 11.6. The van der Waals surface area contributed by atoms with Crippen LogP contribution in [0.2, 0.25) is 0 Å². The highest BCUT2D eigenvalue weighted by molar-refractivity contribution is 5.76. The molecule has 0 N–H and O–H groups in total. The van der Waals surface area contributed by atoms with Crippen LogP contribution in [0.25, 0.3) is 0 Å². The van der Waals surface area contributed by atoms with E-state index in [1.165, 1.54) is 161 Å². The molecule has 0 fully saturated rings. The maximum atomic E-state index is 13.7. The van der Waals surface area contributed by atoms with E-state index in [-0.39, 0.29) is 5.97 Å². The zero-order valence-corrected chi connectivity index (χ0v) is 36.4. The minimum atomic E-state index is -0.000544. The molecular formula is C47H94N2O3. The van der Waals surface area contributed by atoms with Gasteiger partial charge in [0.2, 0.25) is 5.91 Å². The van der Waals surface area contributed by atoms with Gasteiger partial charge in [0, 0.05) is 25.4 Å². The maximum absolute atomic E-state index is 13.7. The smallest absolute Gasteiger partial charge is 0.305 e. The van der Waals surface area contributed by atoms with Crippen LogP contribution in [-0.4, -0.2) is 61.5 Å². The van der Waals surface area contributed by atoms with Gasteiger partial charge in [-0.25, -0.2) is 0 Å². The highest BCUT2D eigenvalue weighted by Gasteiger charge is 2.23. The fraction of sp³-hybridized carbons (Fsp3) is 0.957. The van der Waals surface area contributed by atoms with Crippen molar-refractivity contribution in [1.29, 1.82) is 0 Å². The minimum Gasteiger partial charge on any atom is -0.465 e. The third-order valence-electron chi connectivity index (χ3n) is 11.2. The van der Waals surface area contributed by atoms with Crippen LogP contribution in [0.15, 0.2) is 0 Å². The molecule has 1 amide bonds. The molecule has 5 heteroatoms. The largest absolute Gasteiger partial charge is 0.465 e. The van der Waals surface area contributed by atoms with E-state index in [1.807, 2.05) is 0 Å². The summed E-state index contributed by atoms with van der Waals surface area (Å²) >= 11 is 0. The van der Waals surface area contributed by atoms with Gasteiger partial charge in [0.05, 0.1) is 6.61 Å². The van der Waals surface area contributed by atoms with Crippen LogP contribution in [0.5, 0.6) is 0 Å². The molecule has 0 bridgehead atoms. The van der Waals surface area contributed by atoms with E-state index >= 15 is 0 Å². The van der Waals surface area contributed by atoms with Crippen molar-refractivity contribution < 1.29 is 14.3 Å². The fourth-order valence-corrected chi connectivity index (χ4v) is 7.73. The molecule has 5 nitrogen and oxygen atoms in total. The Balaban J connectivity index is 4.91. The highest BCUT2D eigenvalue weighted by atomic mass is 16.5. The van der Waals surface area contributed by atoms with Crippen molar-refractivity contribution in [2.45, 2.75) is 252 Å². The van der Waals surface area contributed by atoms with Crippen LogP contribution in [-0.2, 0) is 14.3 Å². The van der Waals surface area contributed by atoms with Crippen molar-refractivity contribution in [2.75, 3.05) is 33.8 Å². The second-order valence-corrected chi connectivity index (χ2v) is 16.7. The standard InChI is InChI=1S/C47H94N2O3/c1-7-11-15-19-22-23-25-29-36-44(35-28-24-20-16-12-8-2)43-52-47(51)40-33-27-31-38-45(37-30-18-14-10-4)49(42-34-41-48(5)6)46(50)39-32-26-21-17-13-9-3/h44-45H,7-43H2,1-6H3. The second-order valence-electron chi connectivity index (χ2n) is 16.7. The molecular weight excluding hydrogens is 641 g/mol. The van der Waals surface area contributed by atoms with Gasteiger partial charge in [0.15, 0.2) is 0 Å². The molecule has 0 saturated heterocycles. The highest BCUT2D eigenvalue weighted by Crippen LogP contribution is 2.23. The van der Waals surface area contributed by atoms with Crippen LogP contribution in [0, 0.1) is 5.92 Å². The quantitative estimate of drug-likeness (QED) is 0.0463. The lowest BCUT2D eigenvalue weighted by atomic mass is 9.94. The average molecular weight is 735 g/mol. The summed E-state index contributed by atoms with van der Waals surface area (Å²) in [5, 5.41) is 0. The van der Waals surface area contributed by atoms with E-state index in [0.717, 1.165) is 58.0 Å². The second kappa shape index (κ2) is 39.6. The van der Waals surface area contributed by atoms with E-state index in [9.17, 15) is 9.59 Å². The van der Waals surface area contributed by atoms with Crippen LogP contribution in [0.1, 0.15) is 246 Å². The van der Waals surface area contributed by atoms with E-state index in [0.29, 0.717) is 37.3 Å². The predicted octanol–water partition coefficient (Wildman–Crippen LogP) is 14.2. The number of carbonyl (C=O) groups is 2. The van der Waals surface area contributed by atoms with E-state index in [1.54, 1.807) is 0 Å². The van der Waals surface area contributed by atoms with E-state index in [2.05, 4.69) is 51.6 Å². The molecule has 52 heavy (non-hydrogen) atoms. The van der Waals surface area contributed by atoms with Crippen molar-refractivity contribution in [1.82, 2.24) is 9.80 Å². The molecule has 0 heterocycles. The minimum absolute atomic E-state index is 0.000544. The van der Waals surface area contributed by atoms with Crippen molar-refractivity contribution in [2.24, 2.45) is 5.92 Å². The van der Waals surface area contributed by atoms with Crippen LogP contribution < -0.4 is 0 Å². The Morgan fingerprint density at radius 3 is 1.31 bits per heavy atom. The summed E-state index contributed by atoms with van der Waals surface area (Å²) in [5.41, 5.74) is 0. The number of amides is 1. The van der Waals surface area contributed by atoms with Crippen LogP contribution in [0.4, 0.5) is 0 Å². The lowest BCUT2D eigenvalue weighted by Gasteiger charge is -2.33. The number of unbranched alkanes of at least 4 members (excludes halogenated alkanes) is 22.